The highest BCUT2D eigenvalue weighted by Gasteiger charge is 2.52. The first kappa shape index (κ1) is 15.5. The molecule has 1 N–H and O–H groups in total. The van der Waals surface area contributed by atoms with E-state index in [-0.39, 0.29) is 30.2 Å². The SMILES string of the molecule is CO[C@@]12CC[C@@H](O)C[C@@H]1N(C(=O)Cn1nc3ccccc3n1)CC2. The number of hydrogen-bond acceptors (Lipinski definition) is 5. The number of hydrogen-bond donors (Lipinski definition) is 1. The molecule has 2 aliphatic rings. The fourth-order valence-electron chi connectivity index (χ4n) is 4.16. The molecule has 7 heteroatoms. The van der Waals surface area contributed by atoms with Gasteiger partial charge in [0.2, 0.25) is 5.91 Å². The highest BCUT2D eigenvalue weighted by Crippen LogP contribution is 2.42. The predicted molar refractivity (Wildman–Crippen MR) is 87.2 cm³/mol. The van der Waals surface area contributed by atoms with Crippen LogP contribution in [0, 0.1) is 0 Å². The minimum absolute atomic E-state index is 0.0201. The lowest BCUT2D eigenvalue weighted by Crippen LogP contribution is -2.53. The third-order valence-electron chi connectivity index (χ3n) is 5.49. The summed E-state index contributed by atoms with van der Waals surface area (Å²) in [6.45, 7) is 0.770. The largest absolute Gasteiger partial charge is 0.393 e. The molecular weight excluding hydrogens is 308 g/mol. The number of amides is 1. The first-order chi connectivity index (χ1) is 11.6. The van der Waals surface area contributed by atoms with Crippen LogP contribution >= 0.6 is 0 Å². The maximum absolute atomic E-state index is 12.8. The van der Waals surface area contributed by atoms with E-state index in [2.05, 4.69) is 10.2 Å². The Hall–Kier alpha value is -1.99. The van der Waals surface area contributed by atoms with Gasteiger partial charge in [0.25, 0.3) is 0 Å². The van der Waals surface area contributed by atoms with Gasteiger partial charge in [0.15, 0.2) is 0 Å². The standard InChI is InChI=1S/C17H22N4O3/c1-24-17-7-6-12(22)10-15(17)20(9-8-17)16(23)11-21-18-13-4-2-3-5-14(13)19-21/h2-5,12,15,22H,6-11H2,1H3/t12-,15+,17-/m1/s1. The van der Waals surface area contributed by atoms with Crippen molar-refractivity contribution < 1.29 is 14.6 Å². The highest BCUT2D eigenvalue weighted by molar-refractivity contribution is 5.78. The van der Waals surface area contributed by atoms with E-state index in [1.54, 1.807) is 7.11 Å². The monoisotopic (exact) mass is 330 g/mol. The Bertz CT molecular complexity index is 728. The number of fused-ring (bicyclic) bond motifs is 2. The molecule has 4 rings (SSSR count). The summed E-state index contributed by atoms with van der Waals surface area (Å²) >= 11 is 0. The summed E-state index contributed by atoms with van der Waals surface area (Å²) in [7, 11) is 1.71. The van der Waals surface area contributed by atoms with Crippen molar-refractivity contribution >= 4 is 16.9 Å². The highest BCUT2D eigenvalue weighted by atomic mass is 16.5. The molecule has 3 atom stereocenters. The van der Waals surface area contributed by atoms with Gasteiger partial charge in [0.05, 0.1) is 17.7 Å². The van der Waals surface area contributed by atoms with Crippen molar-refractivity contribution in [2.24, 2.45) is 0 Å². The van der Waals surface area contributed by atoms with E-state index in [0.717, 1.165) is 30.3 Å². The van der Waals surface area contributed by atoms with E-state index in [0.29, 0.717) is 13.0 Å². The van der Waals surface area contributed by atoms with Gasteiger partial charge in [-0.05, 0) is 37.8 Å². The molecule has 0 unspecified atom stereocenters. The summed E-state index contributed by atoms with van der Waals surface area (Å²) < 4.78 is 5.79. The number of rotatable bonds is 3. The second-order valence-electron chi connectivity index (χ2n) is 6.77. The minimum Gasteiger partial charge on any atom is -0.393 e. The first-order valence-corrected chi connectivity index (χ1v) is 8.44. The van der Waals surface area contributed by atoms with Gasteiger partial charge < -0.3 is 14.7 Å². The van der Waals surface area contributed by atoms with Crippen molar-refractivity contribution in [3.63, 3.8) is 0 Å². The lowest BCUT2D eigenvalue weighted by atomic mass is 9.79. The third-order valence-corrected chi connectivity index (χ3v) is 5.49. The zero-order valence-corrected chi connectivity index (χ0v) is 13.8. The molecule has 7 nitrogen and oxygen atoms in total. The second-order valence-corrected chi connectivity index (χ2v) is 6.77. The molecule has 0 bridgehead atoms. The van der Waals surface area contributed by atoms with Gasteiger partial charge in [-0.15, -0.1) is 0 Å². The number of carbonyl (C=O) groups excluding carboxylic acids is 1. The number of aliphatic hydroxyl groups is 1. The van der Waals surface area contributed by atoms with Crippen molar-refractivity contribution in [2.45, 2.75) is 50.0 Å². The summed E-state index contributed by atoms with van der Waals surface area (Å²) in [6, 6.07) is 7.50. The molecule has 128 valence electrons. The Morgan fingerprint density at radius 2 is 2.04 bits per heavy atom. The average Bonchev–Trinajstić information content (AvgIpc) is 3.15. The normalized spacial score (nSPS) is 29.8. The molecule has 24 heavy (non-hydrogen) atoms. The smallest absolute Gasteiger partial charge is 0.246 e. The number of benzene rings is 1. The van der Waals surface area contributed by atoms with Crippen LogP contribution in [0.3, 0.4) is 0 Å². The summed E-state index contributed by atoms with van der Waals surface area (Å²) in [5.74, 6) is -0.0201. The van der Waals surface area contributed by atoms with Crippen molar-refractivity contribution in [3.8, 4) is 0 Å². The van der Waals surface area contributed by atoms with Crippen molar-refractivity contribution in [1.29, 1.82) is 0 Å². The van der Waals surface area contributed by atoms with Crippen molar-refractivity contribution in [2.75, 3.05) is 13.7 Å². The van der Waals surface area contributed by atoms with Gasteiger partial charge in [0, 0.05) is 13.7 Å². The van der Waals surface area contributed by atoms with Crippen molar-refractivity contribution in [3.05, 3.63) is 24.3 Å². The number of nitrogens with zero attached hydrogens (tertiary/aromatic N) is 4. The van der Waals surface area contributed by atoms with Gasteiger partial charge in [-0.25, -0.2) is 0 Å². The zero-order valence-electron chi connectivity index (χ0n) is 13.8. The number of aromatic nitrogens is 3. The molecule has 0 spiro atoms. The van der Waals surface area contributed by atoms with Crippen LogP contribution in [-0.2, 0) is 16.1 Å². The van der Waals surface area contributed by atoms with Gasteiger partial charge >= 0.3 is 0 Å². The first-order valence-electron chi connectivity index (χ1n) is 8.44. The summed E-state index contributed by atoms with van der Waals surface area (Å²) in [5.41, 5.74) is 1.26. The molecule has 1 aromatic carbocycles. The van der Waals surface area contributed by atoms with Crippen LogP contribution in [0.4, 0.5) is 0 Å². The van der Waals surface area contributed by atoms with Crippen LogP contribution in [0.2, 0.25) is 0 Å². The molecule has 2 aromatic rings. The van der Waals surface area contributed by atoms with Crippen LogP contribution < -0.4 is 0 Å². The summed E-state index contributed by atoms with van der Waals surface area (Å²) in [4.78, 5) is 16.1. The van der Waals surface area contributed by atoms with Crippen LogP contribution in [0.1, 0.15) is 25.7 Å². The molecule has 1 aromatic heterocycles. The zero-order chi connectivity index (χ0) is 16.7. The Labute approximate surface area is 140 Å². The second kappa shape index (κ2) is 5.82. The van der Waals surface area contributed by atoms with E-state index in [4.69, 9.17) is 4.74 Å². The fraction of sp³-hybridized carbons (Fsp3) is 0.588. The molecule has 1 aliphatic heterocycles. The summed E-state index contributed by atoms with van der Waals surface area (Å²) in [5, 5.41) is 18.7. The van der Waals surface area contributed by atoms with Gasteiger partial charge in [-0.2, -0.15) is 15.0 Å². The Morgan fingerprint density at radius 1 is 1.33 bits per heavy atom. The van der Waals surface area contributed by atoms with E-state index in [1.807, 2.05) is 29.2 Å². The van der Waals surface area contributed by atoms with E-state index in [1.165, 1.54) is 4.80 Å². The third kappa shape index (κ3) is 2.48. The number of methoxy groups -OCH3 is 1. The van der Waals surface area contributed by atoms with E-state index < -0.39 is 0 Å². The number of ether oxygens (including phenoxy) is 1. The van der Waals surface area contributed by atoms with Crippen LogP contribution in [0.5, 0.6) is 0 Å². The Kier molecular flexibility index (Phi) is 3.77. The maximum atomic E-state index is 12.8. The minimum atomic E-state index is -0.364. The van der Waals surface area contributed by atoms with Crippen LogP contribution in [0.25, 0.3) is 11.0 Å². The Morgan fingerprint density at radius 3 is 2.71 bits per heavy atom. The molecule has 1 amide bonds. The van der Waals surface area contributed by atoms with Crippen LogP contribution in [0.15, 0.2) is 24.3 Å². The predicted octanol–water partition coefficient (Wildman–Crippen LogP) is 0.962. The quantitative estimate of drug-likeness (QED) is 0.907. The molecular formula is C17H22N4O3. The average molecular weight is 330 g/mol. The molecule has 1 saturated heterocycles. The molecule has 2 fully saturated rings. The lowest BCUT2D eigenvalue weighted by Gasteiger charge is -2.42. The molecule has 2 heterocycles. The topological polar surface area (TPSA) is 80.5 Å². The van der Waals surface area contributed by atoms with Gasteiger partial charge in [-0.1, -0.05) is 12.1 Å². The van der Waals surface area contributed by atoms with Crippen LogP contribution in [-0.4, -0.2) is 62.3 Å². The molecule has 0 radical (unpaired) electrons. The summed E-state index contributed by atoms with van der Waals surface area (Å²) in [6.07, 6.45) is 2.56. The number of carbonyl (C=O) groups is 1. The van der Waals surface area contributed by atoms with E-state index in [9.17, 15) is 9.90 Å². The van der Waals surface area contributed by atoms with E-state index >= 15 is 0 Å². The Balaban J connectivity index is 1.53. The molecule has 1 aliphatic carbocycles. The van der Waals surface area contributed by atoms with Gasteiger partial charge in [-0.3, -0.25) is 4.79 Å². The number of aliphatic hydroxyl groups excluding tert-OH is 1. The lowest BCUT2D eigenvalue weighted by molar-refractivity contribution is -0.140. The number of likely N-dealkylation sites (tertiary alicyclic amines) is 1. The van der Waals surface area contributed by atoms with Crippen molar-refractivity contribution in [1.82, 2.24) is 19.9 Å². The maximum Gasteiger partial charge on any atom is 0.246 e. The van der Waals surface area contributed by atoms with Gasteiger partial charge in [0.1, 0.15) is 17.6 Å². The molecule has 1 saturated carbocycles. The fourth-order valence-corrected chi connectivity index (χ4v) is 4.16.